The molecule has 0 amide bonds. The normalized spacial score (nSPS) is 12.4. The van der Waals surface area contributed by atoms with Crippen LogP contribution in [0, 0.1) is 0 Å². The number of rotatable bonds is 7. The van der Waals surface area contributed by atoms with Crippen LogP contribution in [0.25, 0.3) is 0 Å². The van der Waals surface area contributed by atoms with Gasteiger partial charge in [-0.2, -0.15) is 0 Å². The minimum absolute atomic E-state index is 0. The molecule has 0 unspecified atom stereocenters. The Balaban J connectivity index is 0.00000300. The highest BCUT2D eigenvalue weighted by atomic mass is 127. The number of hydrogen-bond donors (Lipinski definition) is 2. The molecule has 1 aliphatic rings. The first kappa shape index (κ1) is 23.0. The maximum atomic E-state index is 11.7. The Bertz CT molecular complexity index is 838. The van der Waals surface area contributed by atoms with Crippen LogP contribution in [0.1, 0.15) is 34.0 Å². The van der Waals surface area contributed by atoms with Crippen molar-refractivity contribution in [1.82, 2.24) is 10.6 Å². The molecule has 0 bridgehead atoms. The van der Waals surface area contributed by atoms with Gasteiger partial charge >= 0.3 is 5.97 Å². The van der Waals surface area contributed by atoms with E-state index in [0.717, 1.165) is 43.3 Å². The summed E-state index contributed by atoms with van der Waals surface area (Å²) in [7, 11) is 1.76. The van der Waals surface area contributed by atoms with Gasteiger partial charge in [-0.25, -0.2) is 4.79 Å². The van der Waals surface area contributed by atoms with Crippen LogP contribution < -0.4 is 15.4 Å². The number of carbonyl (C=O) groups is 1. The lowest BCUT2D eigenvalue weighted by Gasteiger charge is -2.12. The molecule has 0 atom stereocenters. The Morgan fingerprint density at radius 2 is 1.90 bits per heavy atom. The van der Waals surface area contributed by atoms with E-state index in [1.165, 1.54) is 11.1 Å². The van der Waals surface area contributed by atoms with E-state index in [9.17, 15) is 4.79 Å². The summed E-state index contributed by atoms with van der Waals surface area (Å²) in [5.74, 6) is 1.47. The number of fused-ring (bicyclic) bond motifs is 1. The van der Waals surface area contributed by atoms with Gasteiger partial charge in [-0.15, -0.1) is 24.0 Å². The number of esters is 1. The van der Waals surface area contributed by atoms with Crippen molar-refractivity contribution in [2.75, 3.05) is 26.8 Å². The van der Waals surface area contributed by atoms with Gasteiger partial charge in [-0.05, 0) is 48.2 Å². The van der Waals surface area contributed by atoms with Gasteiger partial charge in [0.25, 0.3) is 0 Å². The van der Waals surface area contributed by atoms with E-state index >= 15 is 0 Å². The molecule has 1 heterocycles. The van der Waals surface area contributed by atoms with E-state index in [0.29, 0.717) is 18.7 Å². The first-order valence-corrected chi connectivity index (χ1v) is 9.64. The van der Waals surface area contributed by atoms with Gasteiger partial charge in [0, 0.05) is 26.6 Å². The minimum atomic E-state index is -0.294. The van der Waals surface area contributed by atoms with Crippen LogP contribution in [-0.4, -0.2) is 38.7 Å². The zero-order chi connectivity index (χ0) is 19.8. The fourth-order valence-corrected chi connectivity index (χ4v) is 3.10. The van der Waals surface area contributed by atoms with Crippen LogP contribution in [0.4, 0.5) is 0 Å². The van der Waals surface area contributed by atoms with E-state index in [2.05, 4.69) is 33.8 Å². The van der Waals surface area contributed by atoms with Crippen molar-refractivity contribution in [1.29, 1.82) is 0 Å². The average Bonchev–Trinajstić information content (AvgIpc) is 3.19. The van der Waals surface area contributed by atoms with E-state index in [1.54, 1.807) is 26.1 Å². The quantitative estimate of drug-likeness (QED) is 0.260. The Morgan fingerprint density at radius 3 is 2.62 bits per heavy atom. The molecule has 2 aromatic rings. The lowest BCUT2D eigenvalue weighted by Crippen LogP contribution is -2.37. The smallest absolute Gasteiger partial charge is 0.338 e. The molecule has 2 aromatic carbocycles. The standard InChI is InChI=1S/C22H27N3O3.HI/c1-3-27-21(26)18-7-4-17(5-8-18)15-25-22(23-2)24-12-10-16-6-9-20-19(14-16)11-13-28-20;/h4-9,14H,3,10-13,15H2,1-2H3,(H2,23,24,25);1H. The summed E-state index contributed by atoms with van der Waals surface area (Å²) >= 11 is 0. The van der Waals surface area contributed by atoms with Gasteiger partial charge in [0.05, 0.1) is 18.8 Å². The third-order valence-electron chi connectivity index (χ3n) is 4.61. The highest BCUT2D eigenvalue weighted by Gasteiger charge is 2.11. The fraction of sp³-hybridized carbons (Fsp3) is 0.364. The predicted molar refractivity (Wildman–Crippen MR) is 125 cm³/mol. The molecule has 6 nitrogen and oxygen atoms in total. The van der Waals surface area contributed by atoms with Crippen molar-refractivity contribution in [3.8, 4) is 5.75 Å². The maximum Gasteiger partial charge on any atom is 0.338 e. The predicted octanol–water partition coefficient (Wildman–Crippen LogP) is 3.32. The summed E-state index contributed by atoms with van der Waals surface area (Å²) in [5.41, 5.74) is 4.22. The summed E-state index contributed by atoms with van der Waals surface area (Å²) in [5, 5.41) is 6.63. The van der Waals surface area contributed by atoms with E-state index < -0.39 is 0 Å². The Hall–Kier alpha value is -2.29. The van der Waals surface area contributed by atoms with Gasteiger partial charge in [-0.3, -0.25) is 4.99 Å². The SMILES string of the molecule is CCOC(=O)c1ccc(CNC(=NC)NCCc2ccc3c(c2)CCO3)cc1.I. The van der Waals surface area contributed by atoms with Crippen LogP contribution in [0.3, 0.4) is 0 Å². The van der Waals surface area contributed by atoms with Gasteiger partial charge in [0.1, 0.15) is 5.75 Å². The molecule has 0 spiro atoms. The number of halogens is 1. The Kier molecular flexibility index (Phi) is 9.24. The zero-order valence-corrected chi connectivity index (χ0v) is 19.2. The fourth-order valence-electron chi connectivity index (χ4n) is 3.10. The van der Waals surface area contributed by atoms with Crippen LogP contribution >= 0.6 is 24.0 Å². The Morgan fingerprint density at radius 1 is 1.14 bits per heavy atom. The number of guanidine groups is 1. The lowest BCUT2D eigenvalue weighted by molar-refractivity contribution is 0.0526. The maximum absolute atomic E-state index is 11.7. The highest BCUT2D eigenvalue weighted by molar-refractivity contribution is 14.0. The van der Waals surface area contributed by atoms with Crippen molar-refractivity contribution < 1.29 is 14.3 Å². The van der Waals surface area contributed by atoms with Gasteiger partial charge in [-0.1, -0.05) is 24.3 Å². The lowest BCUT2D eigenvalue weighted by atomic mass is 10.1. The Labute approximate surface area is 189 Å². The van der Waals surface area contributed by atoms with Gasteiger partial charge in [0.2, 0.25) is 0 Å². The van der Waals surface area contributed by atoms with Crippen molar-refractivity contribution >= 4 is 35.9 Å². The molecule has 0 aliphatic carbocycles. The first-order chi connectivity index (χ1) is 13.7. The second kappa shape index (κ2) is 11.6. The van der Waals surface area contributed by atoms with Crippen molar-refractivity contribution in [3.63, 3.8) is 0 Å². The molecule has 0 saturated heterocycles. The summed E-state index contributed by atoms with van der Waals surface area (Å²) < 4.78 is 10.5. The second-order valence-corrected chi connectivity index (χ2v) is 6.56. The van der Waals surface area contributed by atoms with Gasteiger partial charge < -0.3 is 20.1 Å². The number of ether oxygens (including phenoxy) is 2. The molecule has 29 heavy (non-hydrogen) atoms. The molecular formula is C22H28IN3O3. The molecule has 0 radical (unpaired) electrons. The molecule has 3 rings (SSSR count). The third-order valence-corrected chi connectivity index (χ3v) is 4.61. The molecule has 0 aromatic heterocycles. The minimum Gasteiger partial charge on any atom is -0.493 e. The van der Waals surface area contributed by atoms with Crippen LogP contribution in [0.5, 0.6) is 5.75 Å². The number of nitrogens with zero attached hydrogens (tertiary/aromatic N) is 1. The monoisotopic (exact) mass is 509 g/mol. The summed E-state index contributed by atoms with van der Waals surface area (Å²) in [6.07, 6.45) is 1.91. The molecule has 156 valence electrons. The van der Waals surface area contributed by atoms with Crippen LogP contribution in [-0.2, 0) is 24.1 Å². The topological polar surface area (TPSA) is 72.0 Å². The zero-order valence-electron chi connectivity index (χ0n) is 16.9. The molecule has 0 saturated carbocycles. The number of carbonyl (C=O) groups excluding carboxylic acids is 1. The largest absolute Gasteiger partial charge is 0.493 e. The number of nitrogens with one attached hydrogen (secondary N) is 2. The molecule has 0 fully saturated rings. The van der Waals surface area contributed by atoms with E-state index in [4.69, 9.17) is 9.47 Å². The van der Waals surface area contributed by atoms with Crippen molar-refractivity contribution in [2.24, 2.45) is 4.99 Å². The number of hydrogen-bond acceptors (Lipinski definition) is 4. The van der Waals surface area contributed by atoms with Crippen LogP contribution in [0.15, 0.2) is 47.5 Å². The number of benzene rings is 2. The molecule has 1 aliphatic heterocycles. The third kappa shape index (κ3) is 6.62. The molecule has 2 N–H and O–H groups in total. The van der Waals surface area contributed by atoms with E-state index in [-0.39, 0.29) is 29.9 Å². The van der Waals surface area contributed by atoms with Gasteiger partial charge in [0.15, 0.2) is 5.96 Å². The first-order valence-electron chi connectivity index (χ1n) is 9.64. The van der Waals surface area contributed by atoms with Crippen molar-refractivity contribution in [3.05, 3.63) is 64.7 Å². The highest BCUT2D eigenvalue weighted by Crippen LogP contribution is 2.25. The number of aliphatic imine (C=N–C) groups is 1. The molecule has 7 heteroatoms. The second-order valence-electron chi connectivity index (χ2n) is 6.56. The van der Waals surface area contributed by atoms with Crippen molar-refractivity contribution in [2.45, 2.75) is 26.3 Å². The average molecular weight is 509 g/mol. The molecular weight excluding hydrogens is 481 g/mol. The summed E-state index contributed by atoms with van der Waals surface area (Å²) in [6.45, 7) is 4.38. The summed E-state index contributed by atoms with van der Waals surface area (Å²) in [6, 6.07) is 13.8. The van der Waals surface area contributed by atoms with Crippen LogP contribution in [0.2, 0.25) is 0 Å². The van der Waals surface area contributed by atoms with E-state index in [1.807, 2.05) is 12.1 Å². The summed E-state index contributed by atoms with van der Waals surface area (Å²) in [4.78, 5) is 16.0.